The minimum absolute atomic E-state index is 1.02. The summed E-state index contributed by atoms with van der Waals surface area (Å²) in [6, 6.07) is 32.6. The highest BCUT2D eigenvalue weighted by Crippen LogP contribution is 2.40. The van der Waals surface area contributed by atoms with Crippen molar-refractivity contribution in [2.24, 2.45) is 0 Å². The second-order valence-electron chi connectivity index (χ2n) is 8.54. The van der Waals surface area contributed by atoms with E-state index >= 15 is 0 Å². The maximum absolute atomic E-state index is 4.77. The molecule has 0 aliphatic carbocycles. The molecule has 0 saturated heterocycles. The van der Waals surface area contributed by atoms with Gasteiger partial charge in [-0.05, 0) is 52.9 Å². The van der Waals surface area contributed by atoms with Gasteiger partial charge in [-0.25, -0.2) is 0 Å². The monoisotopic (exact) mass is 440 g/mol. The minimum atomic E-state index is 1.02. The van der Waals surface area contributed by atoms with Crippen LogP contribution < -0.4 is 0 Å². The zero-order valence-electron chi connectivity index (χ0n) is 18.1. The molecule has 0 N–H and O–H groups in total. The van der Waals surface area contributed by atoms with Crippen molar-refractivity contribution in [2.75, 3.05) is 0 Å². The highest BCUT2D eigenvalue weighted by Gasteiger charge is 2.17. The summed E-state index contributed by atoms with van der Waals surface area (Å²) in [5.74, 6) is 0. The lowest BCUT2D eigenvalue weighted by Crippen LogP contribution is -1.95. The van der Waals surface area contributed by atoms with Crippen LogP contribution in [-0.4, -0.2) is 9.55 Å². The molecule has 4 aromatic carbocycles. The van der Waals surface area contributed by atoms with E-state index in [0.29, 0.717) is 0 Å². The van der Waals surface area contributed by atoms with Crippen molar-refractivity contribution in [2.45, 2.75) is 6.92 Å². The van der Waals surface area contributed by atoms with Gasteiger partial charge in [-0.15, -0.1) is 11.3 Å². The Hall–Kier alpha value is -3.95. The van der Waals surface area contributed by atoms with E-state index < -0.39 is 0 Å². The Morgan fingerprint density at radius 3 is 2.48 bits per heavy atom. The van der Waals surface area contributed by atoms with Gasteiger partial charge in [0, 0.05) is 33.6 Å². The lowest BCUT2D eigenvalue weighted by molar-refractivity contribution is 1.19. The molecule has 0 aliphatic rings. The number of aryl methyl sites for hydroxylation is 1. The third kappa shape index (κ3) is 2.69. The summed E-state index contributed by atoms with van der Waals surface area (Å²) in [5, 5.41) is 8.57. The summed E-state index contributed by atoms with van der Waals surface area (Å²) in [4.78, 5) is 4.77. The first-order valence-electron chi connectivity index (χ1n) is 11.1. The van der Waals surface area contributed by atoms with E-state index in [9.17, 15) is 0 Å². The van der Waals surface area contributed by atoms with Gasteiger partial charge in [-0.3, -0.25) is 4.98 Å². The van der Waals surface area contributed by atoms with E-state index in [1.807, 2.05) is 17.5 Å². The van der Waals surface area contributed by atoms with E-state index in [4.69, 9.17) is 4.98 Å². The number of hydrogen-bond donors (Lipinski definition) is 0. The van der Waals surface area contributed by atoms with Crippen molar-refractivity contribution in [3.63, 3.8) is 0 Å². The maximum atomic E-state index is 4.77. The summed E-state index contributed by atoms with van der Waals surface area (Å²) >= 11 is 1.84. The Labute approximate surface area is 195 Å². The zero-order chi connectivity index (χ0) is 21.9. The fourth-order valence-electron chi connectivity index (χ4n) is 5.08. The second-order valence-corrected chi connectivity index (χ2v) is 9.42. The fraction of sp³-hybridized carbons (Fsp3) is 0.0333. The van der Waals surface area contributed by atoms with Crippen LogP contribution in [0.1, 0.15) is 5.56 Å². The standard InChI is InChI=1S/C30H20N2S/c1-19-18-33-30-23(19)13-14-26-25-11-4-5-12-27(25)32(29(26)30)22-9-6-8-21(17-22)28-24-10-3-2-7-20(24)15-16-31-28/h2-18H,1H3. The number of benzene rings is 4. The lowest BCUT2D eigenvalue weighted by atomic mass is 10.0. The van der Waals surface area contributed by atoms with Crippen LogP contribution in [-0.2, 0) is 0 Å². The van der Waals surface area contributed by atoms with Crippen LogP contribution in [0.15, 0.2) is 103 Å². The zero-order valence-corrected chi connectivity index (χ0v) is 18.9. The number of pyridine rings is 1. The molecule has 2 nitrogen and oxygen atoms in total. The first-order chi connectivity index (χ1) is 16.3. The molecule has 0 saturated carbocycles. The first kappa shape index (κ1) is 18.6. The Morgan fingerprint density at radius 2 is 1.55 bits per heavy atom. The molecule has 33 heavy (non-hydrogen) atoms. The van der Waals surface area contributed by atoms with Crippen molar-refractivity contribution in [3.8, 4) is 16.9 Å². The van der Waals surface area contributed by atoms with Crippen LogP contribution in [0, 0.1) is 6.92 Å². The van der Waals surface area contributed by atoms with Crippen LogP contribution in [0.25, 0.3) is 59.6 Å². The molecule has 3 heteroatoms. The Morgan fingerprint density at radius 1 is 0.727 bits per heavy atom. The van der Waals surface area contributed by atoms with Gasteiger partial charge >= 0.3 is 0 Å². The first-order valence-corrected chi connectivity index (χ1v) is 12.0. The molecule has 0 amide bonds. The Bertz CT molecular complexity index is 1830. The third-order valence-corrected chi connectivity index (χ3v) is 7.74. The Balaban J connectivity index is 1.57. The number of fused-ring (bicyclic) bond motifs is 6. The molecule has 0 unspecified atom stereocenters. The highest BCUT2D eigenvalue weighted by atomic mass is 32.1. The largest absolute Gasteiger partial charge is 0.308 e. The van der Waals surface area contributed by atoms with Crippen molar-refractivity contribution < 1.29 is 0 Å². The maximum Gasteiger partial charge on any atom is 0.0781 e. The van der Waals surface area contributed by atoms with Gasteiger partial charge in [0.1, 0.15) is 0 Å². The molecule has 0 bridgehead atoms. The fourth-order valence-corrected chi connectivity index (χ4v) is 6.17. The van der Waals surface area contributed by atoms with Crippen molar-refractivity contribution in [1.82, 2.24) is 9.55 Å². The smallest absolute Gasteiger partial charge is 0.0781 e. The van der Waals surface area contributed by atoms with E-state index in [1.165, 1.54) is 48.2 Å². The summed E-state index contributed by atoms with van der Waals surface area (Å²) in [6.07, 6.45) is 1.91. The quantitative estimate of drug-likeness (QED) is 0.263. The topological polar surface area (TPSA) is 17.8 Å². The van der Waals surface area contributed by atoms with Crippen LogP contribution in [0.4, 0.5) is 0 Å². The van der Waals surface area contributed by atoms with Crippen molar-refractivity contribution in [3.05, 3.63) is 108 Å². The van der Waals surface area contributed by atoms with Gasteiger partial charge in [0.15, 0.2) is 0 Å². The molecule has 3 heterocycles. The van der Waals surface area contributed by atoms with E-state index in [2.05, 4.69) is 108 Å². The summed E-state index contributed by atoms with van der Waals surface area (Å²) in [6.45, 7) is 2.20. The van der Waals surface area contributed by atoms with Gasteiger partial charge in [-0.1, -0.05) is 66.7 Å². The molecule has 7 rings (SSSR count). The van der Waals surface area contributed by atoms with E-state index in [-0.39, 0.29) is 0 Å². The summed E-state index contributed by atoms with van der Waals surface area (Å²) in [7, 11) is 0. The molecule has 156 valence electrons. The van der Waals surface area contributed by atoms with E-state index in [1.54, 1.807) is 0 Å². The SMILES string of the molecule is Cc1csc2c1ccc1c3ccccc3n(-c3cccc(-c4nccc5ccccc45)c3)c12. The van der Waals surface area contributed by atoms with Gasteiger partial charge in [0.25, 0.3) is 0 Å². The summed E-state index contributed by atoms with van der Waals surface area (Å²) < 4.78 is 3.77. The molecule has 0 spiro atoms. The number of nitrogens with zero attached hydrogens (tertiary/aromatic N) is 2. The van der Waals surface area contributed by atoms with Crippen LogP contribution >= 0.6 is 11.3 Å². The molecule has 0 aliphatic heterocycles. The molecule has 7 aromatic rings. The third-order valence-electron chi connectivity index (χ3n) is 6.62. The number of hydrogen-bond acceptors (Lipinski definition) is 2. The molecule has 0 atom stereocenters. The number of rotatable bonds is 2. The predicted molar refractivity (Wildman–Crippen MR) is 142 cm³/mol. The normalized spacial score (nSPS) is 11.8. The van der Waals surface area contributed by atoms with Gasteiger partial charge in [0.2, 0.25) is 0 Å². The number of aromatic nitrogens is 2. The second kappa shape index (κ2) is 7.03. The lowest BCUT2D eigenvalue weighted by Gasteiger charge is -2.12. The average molecular weight is 441 g/mol. The van der Waals surface area contributed by atoms with Crippen molar-refractivity contribution in [1.29, 1.82) is 0 Å². The molecular formula is C30H20N2S. The van der Waals surface area contributed by atoms with Gasteiger partial charge < -0.3 is 4.57 Å². The number of thiophene rings is 1. The van der Waals surface area contributed by atoms with Gasteiger partial charge in [-0.2, -0.15) is 0 Å². The van der Waals surface area contributed by atoms with Gasteiger partial charge in [0.05, 0.1) is 21.4 Å². The van der Waals surface area contributed by atoms with Crippen LogP contribution in [0.2, 0.25) is 0 Å². The Kier molecular flexibility index (Phi) is 3.96. The average Bonchev–Trinajstić information content (AvgIpc) is 3.41. The predicted octanol–water partition coefficient (Wildman–Crippen LogP) is 8.52. The highest BCUT2D eigenvalue weighted by molar-refractivity contribution is 7.18. The molecule has 0 radical (unpaired) electrons. The van der Waals surface area contributed by atoms with Crippen LogP contribution in [0.3, 0.4) is 0 Å². The van der Waals surface area contributed by atoms with Crippen LogP contribution in [0.5, 0.6) is 0 Å². The molecule has 3 aromatic heterocycles. The summed E-state index contributed by atoms with van der Waals surface area (Å²) in [5.41, 5.74) is 7.16. The molecule has 0 fully saturated rings. The van der Waals surface area contributed by atoms with Crippen molar-refractivity contribution >= 4 is 54.0 Å². The molecular weight excluding hydrogens is 420 g/mol. The van der Waals surface area contributed by atoms with E-state index in [0.717, 1.165) is 16.9 Å². The number of para-hydroxylation sites is 1. The minimum Gasteiger partial charge on any atom is -0.308 e.